The zero-order valence-electron chi connectivity index (χ0n) is 9.38. The molecule has 1 aromatic carbocycles. The Morgan fingerprint density at radius 2 is 1.94 bits per heavy atom. The summed E-state index contributed by atoms with van der Waals surface area (Å²) in [5.41, 5.74) is 0.540. The molecule has 0 atom stereocenters. The highest BCUT2D eigenvalue weighted by molar-refractivity contribution is 5.59. The van der Waals surface area contributed by atoms with Gasteiger partial charge in [-0.25, -0.2) is 4.98 Å². The molecule has 3 nitrogen and oxygen atoms in total. The molecule has 0 unspecified atom stereocenters. The molecule has 18 heavy (non-hydrogen) atoms. The van der Waals surface area contributed by atoms with Crippen molar-refractivity contribution in [1.82, 2.24) is 9.97 Å². The molecule has 1 N–H and O–H groups in total. The van der Waals surface area contributed by atoms with Crippen molar-refractivity contribution in [2.24, 2.45) is 0 Å². The van der Waals surface area contributed by atoms with E-state index in [1.54, 1.807) is 36.2 Å². The number of aromatic nitrogens is 2. The Kier molecular flexibility index (Phi) is 2.94. The van der Waals surface area contributed by atoms with Gasteiger partial charge < -0.3 is 4.98 Å². The summed E-state index contributed by atoms with van der Waals surface area (Å²) in [6.07, 6.45) is -4.67. The average Bonchev–Trinajstić information content (AvgIpc) is 2.27. The Labute approximate surface area is 100 Å². The first-order valence-corrected chi connectivity index (χ1v) is 5.12. The van der Waals surface area contributed by atoms with Gasteiger partial charge in [-0.3, -0.25) is 4.79 Å². The average molecular weight is 254 g/mol. The number of nitrogens with one attached hydrogen (secondary N) is 1. The second-order valence-corrected chi connectivity index (χ2v) is 3.85. The molecule has 0 aliphatic heterocycles. The monoisotopic (exact) mass is 254 g/mol. The third-order valence-corrected chi connectivity index (χ3v) is 2.32. The largest absolute Gasteiger partial charge is 0.449 e. The first kappa shape index (κ1) is 12.3. The van der Waals surface area contributed by atoms with Gasteiger partial charge in [-0.15, -0.1) is 0 Å². The highest BCUT2D eigenvalue weighted by Gasteiger charge is 2.34. The van der Waals surface area contributed by atoms with Gasteiger partial charge in [-0.2, -0.15) is 13.2 Å². The second kappa shape index (κ2) is 4.29. The van der Waals surface area contributed by atoms with Gasteiger partial charge in [-0.05, 0) is 13.0 Å². The Morgan fingerprint density at radius 3 is 2.56 bits per heavy atom. The fraction of sp³-hybridized carbons (Fsp3) is 0.167. The summed E-state index contributed by atoms with van der Waals surface area (Å²) in [6, 6.07) is 7.82. The number of nitrogens with zero attached hydrogens (tertiary/aromatic N) is 1. The summed E-state index contributed by atoms with van der Waals surface area (Å²) in [7, 11) is 0. The van der Waals surface area contributed by atoms with Crippen LogP contribution in [0.2, 0.25) is 0 Å². The maximum absolute atomic E-state index is 12.5. The predicted octanol–water partition coefficient (Wildman–Crippen LogP) is 2.76. The molecule has 0 aliphatic rings. The molecule has 2 aromatic rings. The molecule has 0 fully saturated rings. The molecule has 1 aromatic heterocycles. The standard InChI is InChI=1S/C12H9F3N2O/c1-7-3-2-4-8(5-7)9-6-10(18)17-11(16-9)12(13,14)15/h2-6H,1H3,(H,16,17,18). The van der Waals surface area contributed by atoms with E-state index in [0.717, 1.165) is 11.6 Å². The lowest BCUT2D eigenvalue weighted by Crippen LogP contribution is -2.18. The van der Waals surface area contributed by atoms with Crippen molar-refractivity contribution in [1.29, 1.82) is 0 Å². The maximum atomic E-state index is 12.5. The summed E-state index contributed by atoms with van der Waals surface area (Å²) >= 11 is 0. The van der Waals surface area contributed by atoms with Crippen molar-refractivity contribution >= 4 is 0 Å². The number of H-pyrrole nitrogens is 1. The number of benzene rings is 1. The van der Waals surface area contributed by atoms with Crippen LogP contribution >= 0.6 is 0 Å². The van der Waals surface area contributed by atoms with Crippen LogP contribution in [0.1, 0.15) is 11.4 Å². The topological polar surface area (TPSA) is 45.8 Å². The van der Waals surface area contributed by atoms with Gasteiger partial charge in [0.1, 0.15) is 0 Å². The minimum atomic E-state index is -4.67. The second-order valence-electron chi connectivity index (χ2n) is 3.85. The maximum Gasteiger partial charge on any atom is 0.449 e. The normalized spacial score (nSPS) is 11.6. The van der Waals surface area contributed by atoms with Gasteiger partial charge in [0.2, 0.25) is 5.82 Å². The minimum Gasteiger partial charge on any atom is -0.303 e. The van der Waals surface area contributed by atoms with Crippen molar-refractivity contribution in [2.45, 2.75) is 13.1 Å². The van der Waals surface area contributed by atoms with Crippen molar-refractivity contribution in [3.8, 4) is 11.3 Å². The molecular formula is C12H9F3N2O. The molecular weight excluding hydrogens is 245 g/mol. The van der Waals surface area contributed by atoms with Gasteiger partial charge in [0.05, 0.1) is 5.69 Å². The third-order valence-electron chi connectivity index (χ3n) is 2.32. The number of hydrogen-bond acceptors (Lipinski definition) is 2. The van der Waals surface area contributed by atoms with Gasteiger partial charge in [0.25, 0.3) is 5.56 Å². The van der Waals surface area contributed by atoms with E-state index >= 15 is 0 Å². The number of halogens is 3. The molecule has 2 rings (SSSR count). The van der Waals surface area contributed by atoms with Crippen molar-refractivity contribution in [3.05, 3.63) is 52.1 Å². The smallest absolute Gasteiger partial charge is 0.303 e. The molecule has 6 heteroatoms. The predicted molar refractivity (Wildman–Crippen MR) is 60.0 cm³/mol. The van der Waals surface area contributed by atoms with Crippen molar-refractivity contribution < 1.29 is 13.2 Å². The lowest BCUT2D eigenvalue weighted by molar-refractivity contribution is -0.145. The molecule has 0 aliphatic carbocycles. The fourth-order valence-electron chi connectivity index (χ4n) is 1.54. The van der Waals surface area contributed by atoms with Gasteiger partial charge in [0.15, 0.2) is 0 Å². The quantitative estimate of drug-likeness (QED) is 0.850. The van der Waals surface area contributed by atoms with E-state index in [0.29, 0.717) is 5.56 Å². The molecule has 0 amide bonds. The van der Waals surface area contributed by atoms with E-state index in [-0.39, 0.29) is 5.69 Å². The summed E-state index contributed by atoms with van der Waals surface area (Å²) in [5, 5.41) is 0. The SMILES string of the molecule is Cc1cccc(-c2cc(=O)[nH]c(C(F)(F)F)n2)c1. The van der Waals surface area contributed by atoms with Crippen molar-refractivity contribution in [2.75, 3.05) is 0 Å². The molecule has 0 spiro atoms. The number of rotatable bonds is 1. The van der Waals surface area contributed by atoms with Crippen molar-refractivity contribution in [3.63, 3.8) is 0 Å². The Hall–Kier alpha value is -2.11. The summed E-state index contributed by atoms with van der Waals surface area (Å²) in [4.78, 5) is 16.3. The van der Waals surface area contributed by atoms with Crippen LogP contribution in [0.5, 0.6) is 0 Å². The number of aromatic amines is 1. The lowest BCUT2D eigenvalue weighted by Gasteiger charge is -2.07. The molecule has 1 heterocycles. The van der Waals surface area contributed by atoms with Crippen LogP contribution in [-0.2, 0) is 6.18 Å². The zero-order chi connectivity index (χ0) is 13.3. The highest BCUT2D eigenvalue weighted by atomic mass is 19.4. The summed E-state index contributed by atoms with van der Waals surface area (Å²) < 4.78 is 37.5. The first-order chi connectivity index (χ1) is 8.36. The Bertz CT molecular complexity index is 632. The van der Waals surface area contributed by atoms with E-state index in [4.69, 9.17) is 0 Å². The van der Waals surface area contributed by atoms with E-state index in [1.165, 1.54) is 0 Å². The van der Waals surface area contributed by atoms with Crippen LogP contribution in [0.3, 0.4) is 0 Å². The van der Waals surface area contributed by atoms with E-state index in [2.05, 4.69) is 4.98 Å². The molecule has 0 bridgehead atoms. The molecule has 0 saturated carbocycles. The Balaban J connectivity index is 2.59. The first-order valence-electron chi connectivity index (χ1n) is 5.12. The molecule has 0 radical (unpaired) electrons. The number of aryl methyl sites for hydroxylation is 1. The van der Waals surface area contributed by atoms with Crippen LogP contribution in [0.15, 0.2) is 35.1 Å². The third kappa shape index (κ3) is 2.58. The highest BCUT2D eigenvalue weighted by Crippen LogP contribution is 2.27. The lowest BCUT2D eigenvalue weighted by atomic mass is 10.1. The van der Waals surface area contributed by atoms with Crippen LogP contribution in [0.4, 0.5) is 13.2 Å². The van der Waals surface area contributed by atoms with E-state index in [1.807, 2.05) is 0 Å². The molecule has 94 valence electrons. The van der Waals surface area contributed by atoms with Gasteiger partial charge >= 0.3 is 6.18 Å². The van der Waals surface area contributed by atoms with E-state index < -0.39 is 17.6 Å². The van der Waals surface area contributed by atoms with Gasteiger partial charge in [0, 0.05) is 11.6 Å². The minimum absolute atomic E-state index is 0.00905. The van der Waals surface area contributed by atoms with E-state index in [9.17, 15) is 18.0 Å². The van der Waals surface area contributed by atoms with Crippen LogP contribution in [0.25, 0.3) is 11.3 Å². The Morgan fingerprint density at radius 1 is 1.22 bits per heavy atom. The number of alkyl halides is 3. The van der Waals surface area contributed by atoms with Crippen LogP contribution in [-0.4, -0.2) is 9.97 Å². The summed E-state index contributed by atoms with van der Waals surface area (Å²) in [6.45, 7) is 1.81. The van der Waals surface area contributed by atoms with Crippen LogP contribution in [0, 0.1) is 6.92 Å². The fourth-order valence-corrected chi connectivity index (χ4v) is 1.54. The summed E-state index contributed by atoms with van der Waals surface area (Å²) in [5.74, 6) is -1.29. The zero-order valence-corrected chi connectivity index (χ0v) is 9.38. The van der Waals surface area contributed by atoms with Gasteiger partial charge in [-0.1, -0.05) is 23.8 Å². The number of hydrogen-bond donors (Lipinski definition) is 1. The van der Waals surface area contributed by atoms with Crippen LogP contribution < -0.4 is 5.56 Å². The molecule has 0 saturated heterocycles.